The molecule has 0 saturated carbocycles. The molecule has 3 rings (SSSR count). The van der Waals surface area contributed by atoms with Gasteiger partial charge in [0.05, 0.1) is 4.88 Å². The molecule has 4 nitrogen and oxygen atoms in total. The quantitative estimate of drug-likeness (QED) is 0.924. The highest BCUT2D eigenvalue weighted by Gasteiger charge is 2.18. The van der Waals surface area contributed by atoms with E-state index in [0.29, 0.717) is 18.1 Å². The van der Waals surface area contributed by atoms with Crippen LogP contribution in [0.2, 0.25) is 0 Å². The van der Waals surface area contributed by atoms with Crippen molar-refractivity contribution in [3.05, 3.63) is 22.3 Å². The van der Waals surface area contributed by atoms with E-state index in [2.05, 4.69) is 16.2 Å². The van der Waals surface area contributed by atoms with Crippen LogP contribution in [-0.4, -0.2) is 16.2 Å². The maximum atomic E-state index is 5.73. The van der Waals surface area contributed by atoms with Gasteiger partial charge in [-0.25, -0.2) is 0 Å². The van der Waals surface area contributed by atoms with Gasteiger partial charge < -0.3 is 10.3 Å². The number of hydrogen-bond acceptors (Lipinski definition) is 5. The molecule has 1 aliphatic rings. The Bertz CT molecular complexity index is 521. The highest BCUT2D eigenvalue weighted by atomic mass is 32.1. The van der Waals surface area contributed by atoms with Gasteiger partial charge in [0.1, 0.15) is 0 Å². The minimum atomic E-state index is 0.0620. The average Bonchev–Trinajstić information content (AvgIpc) is 2.93. The third kappa shape index (κ3) is 2.33. The Morgan fingerprint density at radius 3 is 3.06 bits per heavy atom. The highest BCUT2D eigenvalue weighted by molar-refractivity contribution is 7.15. The molecule has 2 aromatic rings. The summed E-state index contributed by atoms with van der Waals surface area (Å²) in [6.07, 6.45) is 5.64. The number of nitrogens with zero attached hydrogens (tertiary/aromatic N) is 2. The Morgan fingerprint density at radius 1 is 1.44 bits per heavy atom. The molecule has 0 bridgehead atoms. The van der Waals surface area contributed by atoms with E-state index in [-0.39, 0.29) is 6.04 Å². The van der Waals surface area contributed by atoms with Crippen LogP contribution in [0.5, 0.6) is 0 Å². The molecule has 1 atom stereocenters. The maximum Gasteiger partial charge on any atom is 0.268 e. The van der Waals surface area contributed by atoms with Crippen molar-refractivity contribution in [1.82, 2.24) is 10.1 Å². The molecule has 2 heterocycles. The fourth-order valence-corrected chi connectivity index (χ4v) is 3.50. The molecule has 96 valence electrons. The third-order valence-corrected chi connectivity index (χ3v) is 4.41. The molecule has 1 unspecified atom stereocenters. The van der Waals surface area contributed by atoms with Crippen LogP contribution in [0, 0.1) is 0 Å². The molecular weight excluding hydrogens is 246 g/mol. The molecule has 0 fully saturated rings. The van der Waals surface area contributed by atoms with Crippen LogP contribution < -0.4 is 5.73 Å². The number of rotatable bonds is 3. The van der Waals surface area contributed by atoms with E-state index < -0.39 is 0 Å². The minimum Gasteiger partial charge on any atom is -0.333 e. The lowest BCUT2D eigenvalue weighted by Crippen LogP contribution is -2.18. The molecule has 18 heavy (non-hydrogen) atoms. The van der Waals surface area contributed by atoms with E-state index in [4.69, 9.17) is 10.3 Å². The van der Waals surface area contributed by atoms with Crippen LogP contribution >= 0.6 is 11.3 Å². The predicted molar refractivity (Wildman–Crippen MR) is 71.6 cm³/mol. The van der Waals surface area contributed by atoms with Gasteiger partial charge in [0, 0.05) is 17.3 Å². The summed E-state index contributed by atoms with van der Waals surface area (Å²) >= 11 is 1.79. The summed E-state index contributed by atoms with van der Waals surface area (Å²) < 4.78 is 5.32. The monoisotopic (exact) mass is 263 g/mol. The van der Waals surface area contributed by atoms with E-state index in [1.54, 1.807) is 11.3 Å². The van der Waals surface area contributed by atoms with Crippen LogP contribution in [0.1, 0.15) is 36.0 Å². The number of hydrogen-bond donors (Lipinski definition) is 1. The molecule has 1 aliphatic carbocycles. The SMILES string of the molecule is CC(N)Cc1noc(-c2cc3c(s2)CCCC3)n1. The van der Waals surface area contributed by atoms with Crippen molar-refractivity contribution < 1.29 is 4.52 Å². The second-order valence-corrected chi connectivity index (χ2v) is 6.10. The van der Waals surface area contributed by atoms with Crippen molar-refractivity contribution in [1.29, 1.82) is 0 Å². The van der Waals surface area contributed by atoms with Gasteiger partial charge in [-0.2, -0.15) is 4.98 Å². The van der Waals surface area contributed by atoms with E-state index in [1.165, 1.54) is 36.1 Å². The predicted octanol–water partition coefficient (Wildman–Crippen LogP) is 2.57. The van der Waals surface area contributed by atoms with Gasteiger partial charge in [-0.1, -0.05) is 5.16 Å². The molecular formula is C13H17N3OS. The second-order valence-electron chi connectivity index (χ2n) is 4.96. The Labute approximate surface area is 110 Å². The second kappa shape index (κ2) is 4.82. The molecule has 0 amide bonds. The summed E-state index contributed by atoms with van der Waals surface area (Å²) in [6, 6.07) is 2.27. The zero-order valence-corrected chi connectivity index (χ0v) is 11.3. The van der Waals surface area contributed by atoms with Crippen molar-refractivity contribution >= 4 is 11.3 Å². The number of fused-ring (bicyclic) bond motifs is 1. The summed E-state index contributed by atoms with van der Waals surface area (Å²) in [7, 11) is 0. The average molecular weight is 263 g/mol. The Kier molecular flexibility index (Phi) is 3.18. The van der Waals surface area contributed by atoms with Gasteiger partial charge in [-0.05, 0) is 44.2 Å². The number of nitrogens with two attached hydrogens (primary N) is 1. The summed E-state index contributed by atoms with van der Waals surface area (Å²) in [5.41, 5.74) is 7.20. The number of aryl methyl sites for hydroxylation is 2. The fourth-order valence-electron chi connectivity index (χ4n) is 2.32. The van der Waals surface area contributed by atoms with Crippen LogP contribution in [-0.2, 0) is 19.3 Å². The molecule has 0 saturated heterocycles. The molecule has 0 aromatic carbocycles. The highest BCUT2D eigenvalue weighted by Crippen LogP contribution is 2.34. The lowest BCUT2D eigenvalue weighted by atomic mass is 9.99. The van der Waals surface area contributed by atoms with Gasteiger partial charge in [0.2, 0.25) is 0 Å². The van der Waals surface area contributed by atoms with E-state index in [9.17, 15) is 0 Å². The maximum absolute atomic E-state index is 5.73. The zero-order chi connectivity index (χ0) is 12.5. The molecule has 0 spiro atoms. The molecule has 2 N–H and O–H groups in total. The summed E-state index contributed by atoms with van der Waals surface area (Å²) in [5.74, 6) is 1.34. The van der Waals surface area contributed by atoms with E-state index in [1.807, 2.05) is 6.92 Å². The Hall–Kier alpha value is -1.20. The lowest BCUT2D eigenvalue weighted by molar-refractivity contribution is 0.421. The number of thiophene rings is 1. The van der Waals surface area contributed by atoms with Gasteiger partial charge >= 0.3 is 0 Å². The standard InChI is InChI=1S/C13H17N3OS/c1-8(14)6-12-15-13(17-16-12)11-7-9-4-2-3-5-10(9)18-11/h7-8H,2-6,14H2,1H3. The summed E-state index contributed by atoms with van der Waals surface area (Å²) in [6.45, 7) is 1.94. The number of aromatic nitrogens is 2. The van der Waals surface area contributed by atoms with Crippen molar-refractivity contribution in [2.75, 3.05) is 0 Å². The topological polar surface area (TPSA) is 64.9 Å². The van der Waals surface area contributed by atoms with Crippen molar-refractivity contribution in [2.24, 2.45) is 5.73 Å². The zero-order valence-electron chi connectivity index (χ0n) is 10.5. The summed E-state index contributed by atoms with van der Waals surface area (Å²) in [4.78, 5) is 7.01. The third-order valence-electron chi connectivity index (χ3n) is 3.18. The smallest absolute Gasteiger partial charge is 0.268 e. The van der Waals surface area contributed by atoms with Gasteiger partial charge in [0.25, 0.3) is 5.89 Å². The normalized spacial score (nSPS) is 16.6. The van der Waals surface area contributed by atoms with Crippen LogP contribution in [0.25, 0.3) is 10.8 Å². The molecule has 0 aliphatic heterocycles. The van der Waals surface area contributed by atoms with Crippen molar-refractivity contribution in [3.8, 4) is 10.8 Å². The minimum absolute atomic E-state index is 0.0620. The van der Waals surface area contributed by atoms with Gasteiger partial charge in [0.15, 0.2) is 5.82 Å². The summed E-state index contributed by atoms with van der Waals surface area (Å²) in [5, 5.41) is 3.98. The van der Waals surface area contributed by atoms with Gasteiger partial charge in [-0.15, -0.1) is 11.3 Å². The first kappa shape index (κ1) is 11.9. The first-order valence-electron chi connectivity index (χ1n) is 6.42. The fraction of sp³-hybridized carbons (Fsp3) is 0.538. The van der Waals surface area contributed by atoms with Gasteiger partial charge in [-0.3, -0.25) is 0 Å². The van der Waals surface area contributed by atoms with Crippen LogP contribution in [0.3, 0.4) is 0 Å². The Balaban J connectivity index is 1.85. The molecule has 2 aromatic heterocycles. The largest absolute Gasteiger partial charge is 0.333 e. The van der Waals surface area contributed by atoms with Crippen LogP contribution in [0.4, 0.5) is 0 Å². The lowest BCUT2D eigenvalue weighted by Gasteiger charge is -2.08. The molecule has 5 heteroatoms. The van der Waals surface area contributed by atoms with E-state index >= 15 is 0 Å². The molecule has 0 radical (unpaired) electrons. The Morgan fingerprint density at radius 2 is 2.28 bits per heavy atom. The first-order chi connectivity index (χ1) is 8.72. The van der Waals surface area contributed by atoms with E-state index in [0.717, 1.165) is 4.88 Å². The first-order valence-corrected chi connectivity index (χ1v) is 7.24. The van der Waals surface area contributed by atoms with Crippen LogP contribution in [0.15, 0.2) is 10.6 Å². The van der Waals surface area contributed by atoms with Crippen molar-refractivity contribution in [2.45, 2.75) is 45.1 Å². The van der Waals surface area contributed by atoms with Crippen molar-refractivity contribution in [3.63, 3.8) is 0 Å².